The number of hydrogen-bond donors (Lipinski definition) is 2. The standard InChI is InChI=1S/C16H27N3O2/c1-3-14(17)16(15-5-4-10-21-15)19-8-6-13(7-9-19)11-18-12(2)20/h4-5,10,13-14,16H,3,6-9,11,17H2,1-2H3,(H,18,20). The van der Waals surface area contributed by atoms with Crippen LogP contribution in [0.5, 0.6) is 0 Å². The highest BCUT2D eigenvalue weighted by Gasteiger charge is 2.31. The topological polar surface area (TPSA) is 71.5 Å². The number of carbonyl (C=O) groups is 1. The number of nitrogens with one attached hydrogen (secondary N) is 1. The second-order valence-corrected chi connectivity index (χ2v) is 5.95. The number of piperidine rings is 1. The lowest BCUT2D eigenvalue weighted by molar-refractivity contribution is -0.119. The Balaban J connectivity index is 1.93. The Morgan fingerprint density at radius 2 is 2.24 bits per heavy atom. The minimum atomic E-state index is 0.0545. The molecule has 5 nitrogen and oxygen atoms in total. The van der Waals surface area contributed by atoms with Crippen LogP contribution in [0.3, 0.4) is 0 Å². The van der Waals surface area contributed by atoms with Gasteiger partial charge in [0, 0.05) is 19.5 Å². The highest BCUT2D eigenvalue weighted by molar-refractivity contribution is 5.72. The van der Waals surface area contributed by atoms with Crippen molar-refractivity contribution in [1.29, 1.82) is 0 Å². The molecule has 0 saturated carbocycles. The van der Waals surface area contributed by atoms with Crippen molar-refractivity contribution in [2.75, 3.05) is 19.6 Å². The average Bonchev–Trinajstić information content (AvgIpc) is 3.00. The molecule has 2 rings (SSSR count). The lowest BCUT2D eigenvalue weighted by Gasteiger charge is -2.39. The first-order valence-corrected chi connectivity index (χ1v) is 7.89. The molecule has 3 N–H and O–H groups in total. The smallest absolute Gasteiger partial charge is 0.216 e. The molecule has 0 radical (unpaired) electrons. The second-order valence-electron chi connectivity index (χ2n) is 5.95. The van der Waals surface area contributed by atoms with Crippen molar-refractivity contribution < 1.29 is 9.21 Å². The first kappa shape index (κ1) is 16.0. The van der Waals surface area contributed by atoms with Gasteiger partial charge < -0.3 is 15.5 Å². The number of carbonyl (C=O) groups excluding carboxylic acids is 1. The molecule has 1 aromatic heterocycles. The zero-order valence-electron chi connectivity index (χ0n) is 13.0. The molecule has 2 unspecified atom stereocenters. The largest absolute Gasteiger partial charge is 0.468 e. The van der Waals surface area contributed by atoms with E-state index in [1.165, 1.54) is 0 Å². The maximum Gasteiger partial charge on any atom is 0.216 e. The monoisotopic (exact) mass is 293 g/mol. The van der Waals surface area contributed by atoms with Gasteiger partial charge in [-0.3, -0.25) is 9.69 Å². The number of amides is 1. The van der Waals surface area contributed by atoms with Gasteiger partial charge in [0.2, 0.25) is 5.91 Å². The maximum absolute atomic E-state index is 11.0. The van der Waals surface area contributed by atoms with E-state index in [2.05, 4.69) is 17.1 Å². The average molecular weight is 293 g/mol. The fourth-order valence-corrected chi connectivity index (χ4v) is 3.07. The fourth-order valence-electron chi connectivity index (χ4n) is 3.07. The molecule has 2 heterocycles. The van der Waals surface area contributed by atoms with Crippen LogP contribution in [-0.2, 0) is 4.79 Å². The van der Waals surface area contributed by atoms with Crippen molar-refractivity contribution in [2.24, 2.45) is 11.7 Å². The van der Waals surface area contributed by atoms with Crippen molar-refractivity contribution in [1.82, 2.24) is 10.2 Å². The van der Waals surface area contributed by atoms with Crippen molar-refractivity contribution in [2.45, 2.75) is 45.2 Å². The second kappa shape index (κ2) is 7.61. The van der Waals surface area contributed by atoms with Crippen LogP contribution >= 0.6 is 0 Å². The summed E-state index contributed by atoms with van der Waals surface area (Å²) in [6, 6.07) is 4.19. The van der Waals surface area contributed by atoms with Crippen LogP contribution in [0.15, 0.2) is 22.8 Å². The van der Waals surface area contributed by atoms with Crippen molar-refractivity contribution >= 4 is 5.91 Å². The highest BCUT2D eigenvalue weighted by atomic mass is 16.3. The van der Waals surface area contributed by atoms with Crippen molar-refractivity contribution in [3.63, 3.8) is 0 Å². The van der Waals surface area contributed by atoms with Gasteiger partial charge in [0.05, 0.1) is 12.3 Å². The zero-order chi connectivity index (χ0) is 15.2. The Morgan fingerprint density at radius 3 is 2.76 bits per heavy atom. The number of likely N-dealkylation sites (tertiary alicyclic amines) is 1. The third kappa shape index (κ3) is 4.32. The van der Waals surface area contributed by atoms with E-state index < -0.39 is 0 Å². The molecule has 2 atom stereocenters. The van der Waals surface area contributed by atoms with Crippen molar-refractivity contribution in [3.05, 3.63) is 24.2 Å². The lowest BCUT2D eigenvalue weighted by atomic mass is 9.93. The van der Waals surface area contributed by atoms with Gasteiger partial charge in [-0.05, 0) is 50.4 Å². The SMILES string of the molecule is CCC(N)C(c1ccco1)N1CCC(CNC(C)=O)CC1. The van der Waals surface area contributed by atoms with Gasteiger partial charge in [-0.15, -0.1) is 0 Å². The predicted octanol–water partition coefficient (Wildman–Crippen LogP) is 1.91. The Bertz CT molecular complexity index is 425. The molecule has 1 fully saturated rings. The highest BCUT2D eigenvalue weighted by Crippen LogP contribution is 2.29. The molecule has 1 amide bonds. The molecule has 5 heteroatoms. The molecular weight excluding hydrogens is 266 g/mol. The molecule has 118 valence electrons. The van der Waals surface area contributed by atoms with Gasteiger partial charge in [-0.2, -0.15) is 0 Å². The summed E-state index contributed by atoms with van der Waals surface area (Å²) < 4.78 is 5.60. The van der Waals surface area contributed by atoms with Gasteiger partial charge in [0.25, 0.3) is 0 Å². The summed E-state index contributed by atoms with van der Waals surface area (Å²) in [5.41, 5.74) is 6.31. The Labute approximate surface area is 126 Å². The summed E-state index contributed by atoms with van der Waals surface area (Å²) >= 11 is 0. The van der Waals surface area contributed by atoms with E-state index in [0.29, 0.717) is 5.92 Å². The fraction of sp³-hybridized carbons (Fsp3) is 0.688. The summed E-state index contributed by atoms with van der Waals surface area (Å²) in [5, 5.41) is 2.92. The summed E-state index contributed by atoms with van der Waals surface area (Å²) in [5.74, 6) is 1.59. The van der Waals surface area contributed by atoms with Gasteiger partial charge >= 0.3 is 0 Å². The van der Waals surface area contributed by atoms with Crippen LogP contribution in [-0.4, -0.2) is 36.5 Å². The third-order valence-electron chi connectivity index (χ3n) is 4.39. The number of rotatable bonds is 6. The van der Waals surface area contributed by atoms with Gasteiger partial charge in [0.1, 0.15) is 5.76 Å². The van der Waals surface area contributed by atoms with Crippen molar-refractivity contribution in [3.8, 4) is 0 Å². The lowest BCUT2D eigenvalue weighted by Crippen LogP contribution is -2.45. The summed E-state index contributed by atoms with van der Waals surface area (Å²) in [6.07, 6.45) is 4.83. The zero-order valence-corrected chi connectivity index (χ0v) is 13.0. The molecule has 0 aromatic carbocycles. The van der Waals surface area contributed by atoms with Crippen LogP contribution < -0.4 is 11.1 Å². The van der Waals surface area contributed by atoms with E-state index in [-0.39, 0.29) is 18.0 Å². The van der Waals surface area contributed by atoms with Crippen LogP contribution in [0.25, 0.3) is 0 Å². The molecule has 0 spiro atoms. The minimum absolute atomic E-state index is 0.0545. The van der Waals surface area contributed by atoms with Gasteiger partial charge in [-0.25, -0.2) is 0 Å². The first-order chi connectivity index (χ1) is 10.1. The van der Waals surface area contributed by atoms with E-state index in [9.17, 15) is 4.79 Å². The normalized spacial score (nSPS) is 20.1. The van der Waals surface area contributed by atoms with Crippen LogP contribution in [0.4, 0.5) is 0 Å². The Kier molecular flexibility index (Phi) is 5.82. The molecule has 1 aromatic rings. The molecule has 1 aliphatic rings. The van der Waals surface area contributed by atoms with E-state index in [0.717, 1.165) is 44.7 Å². The third-order valence-corrected chi connectivity index (χ3v) is 4.39. The number of nitrogens with two attached hydrogens (primary N) is 1. The molecule has 1 aliphatic heterocycles. The Hall–Kier alpha value is -1.33. The predicted molar refractivity (Wildman–Crippen MR) is 82.7 cm³/mol. The van der Waals surface area contributed by atoms with Gasteiger partial charge in [-0.1, -0.05) is 6.92 Å². The van der Waals surface area contributed by atoms with E-state index in [1.54, 1.807) is 13.2 Å². The summed E-state index contributed by atoms with van der Waals surface area (Å²) in [7, 11) is 0. The number of furan rings is 1. The quantitative estimate of drug-likeness (QED) is 0.840. The number of nitrogens with zero attached hydrogens (tertiary/aromatic N) is 1. The molecular formula is C16H27N3O2. The summed E-state index contributed by atoms with van der Waals surface area (Å²) in [6.45, 7) is 6.48. The molecule has 21 heavy (non-hydrogen) atoms. The summed E-state index contributed by atoms with van der Waals surface area (Å²) in [4.78, 5) is 13.4. The first-order valence-electron chi connectivity index (χ1n) is 7.89. The van der Waals surface area contributed by atoms with E-state index in [1.807, 2.05) is 12.1 Å². The molecule has 1 saturated heterocycles. The minimum Gasteiger partial charge on any atom is -0.468 e. The molecule has 0 aliphatic carbocycles. The van der Waals surface area contributed by atoms with E-state index in [4.69, 9.17) is 10.2 Å². The van der Waals surface area contributed by atoms with Crippen LogP contribution in [0.1, 0.15) is 44.9 Å². The molecule has 0 bridgehead atoms. The Morgan fingerprint density at radius 1 is 1.52 bits per heavy atom. The van der Waals surface area contributed by atoms with E-state index >= 15 is 0 Å². The van der Waals surface area contributed by atoms with Crippen LogP contribution in [0, 0.1) is 5.92 Å². The maximum atomic E-state index is 11.0. The van der Waals surface area contributed by atoms with Crippen LogP contribution in [0.2, 0.25) is 0 Å². The van der Waals surface area contributed by atoms with Gasteiger partial charge in [0.15, 0.2) is 0 Å². The number of hydrogen-bond acceptors (Lipinski definition) is 4.